The van der Waals surface area contributed by atoms with Crippen LogP contribution in [0, 0.1) is 27.7 Å². The van der Waals surface area contributed by atoms with E-state index in [0.29, 0.717) is 5.01 Å². The number of aromatic nitrogens is 1. The summed E-state index contributed by atoms with van der Waals surface area (Å²) in [6.45, 7) is 8.27. The third-order valence-electron chi connectivity index (χ3n) is 4.00. The number of nitrogens with zero attached hydrogens (tertiary/aromatic N) is 1. The van der Waals surface area contributed by atoms with E-state index in [2.05, 4.69) is 51.0 Å². The Morgan fingerprint density at radius 3 is 2.14 bits per heavy atom. The molecule has 0 saturated carbocycles. The Labute approximate surface area is 139 Å². The van der Waals surface area contributed by atoms with Gasteiger partial charge in [-0.05, 0) is 49.9 Å². The molecule has 6 heteroatoms. The van der Waals surface area contributed by atoms with Crippen molar-refractivity contribution in [2.45, 2.75) is 40.0 Å². The second-order valence-corrected chi connectivity index (χ2v) is 7.19. The van der Waals surface area contributed by atoms with Gasteiger partial charge >= 0.3 is 0 Å². The largest absolute Gasteiger partial charge is 0.287 e. The van der Waals surface area contributed by atoms with Gasteiger partial charge in [0.15, 0.2) is 10.2 Å². The standard InChI is InChI=1S/C15H17NO2S3/c1-6-7(2)9(4)13-12(8(6)3)16-14(21-13)10(15(18)20)5-11(17)19/h10H,5H2,1-4H3,(H,17,19)(H,18,20). The van der Waals surface area contributed by atoms with Gasteiger partial charge in [0.05, 0.1) is 16.1 Å². The number of benzene rings is 1. The summed E-state index contributed by atoms with van der Waals surface area (Å²) in [5.41, 5.74) is 5.68. The lowest BCUT2D eigenvalue weighted by Gasteiger charge is -2.09. The Morgan fingerprint density at radius 1 is 1.05 bits per heavy atom. The average Bonchev–Trinajstić information content (AvgIpc) is 2.84. The van der Waals surface area contributed by atoms with Crippen molar-refractivity contribution < 1.29 is 9.59 Å². The number of thiazole rings is 1. The first-order chi connectivity index (χ1) is 9.73. The molecular weight excluding hydrogens is 322 g/mol. The van der Waals surface area contributed by atoms with Crippen molar-refractivity contribution >= 4 is 57.0 Å². The Balaban J connectivity index is 2.67. The highest BCUT2D eigenvalue weighted by Crippen LogP contribution is 2.37. The molecule has 1 unspecified atom stereocenters. The molecule has 0 bridgehead atoms. The molecule has 0 aliphatic heterocycles. The van der Waals surface area contributed by atoms with E-state index in [4.69, 9.17) is 0 Å². The van der Waals surface area contributed by atoms with E-state index < -0.39 is 5.92 Å². The molecule has 1 heterocycles. The summed E-state index contributed by atoms with van der Waals surface area (Å²) in [6.07, 6.45) is 0.0291. The Bertz CT molecular complexity index is 704. The molecule has 112 valence electrons. The maximum atomic E-state index is 11.7. The number of carbonyl (C=O) groups excluding carboxylic acids is 2. The van der Waals surface area contributed by atoms with Crippen LogP contribution in [0.4, 0.5) is 0 Å². The maximum absolute atomic E-state index is 11.7. The van der Waals surface area contributed by atoms with Gasteiger partial charge in [-0.15, -0.1) is 36.6 Å². The maximum Gasteiger partial charge on any atom is 0.196 e. The van der Waals surface area contributed by atoms with Crippen LogP contribution in [0.15, 0.2) is 0 Å². The molecule has 21 heavy (non-hydrogen) atoms. The fraction of sp³-hybridized carbons (Fsp3) is 0.400. The van der Waals surface area contributed by atoms with E-state index >= 15 is 0 Å². The molecule has 2 aromatic rings. The van der Waals surface area contributed by atoms with Crippen LogP contribution in [0.2, 0.25) is 0 Å². The molecule has 1 aromatic carbocycles. The molecule has 0 radical (unpaired) electrons. The number of fused-ring (bicyclic) bond motifs is 1. The van der Waals surface area contributed by atoms with Crippen LogP contribution in [-0.2, 0) is 9.59 Å². The SMILES string of the molecule is Cc1c(C)c(C)c2sc(C(CC(=O)S)C(=O)S)nc2c1C. The molecule has 0 aliphatic carbocycles. The molecule has 0 N–H and O–H groups in total. The van der Waals surface area contributed by atoms with E-state index in [1.54, 1.807) is 0 Å². The van der Waals surface area contributed by atoms with Crippen LogP contribution in [-0.4, -0.2) is 15.2 Å². The summed E-state index contributed by atoms with van der Waals surface area (Å²) in [4.78, 5) is 27.6. The molecule has 0 fully saturated rings. The lowest BCUT2D eigenvalue weighted by molar-refractivity contribution is -0.116. The van der Waals surface area contributed by atoms with Crippen LogP contribution >= 0.6 is 36.6 Å². The van der Waals surface area contributed by atoms with E-state index in [9.17, 15) is 9.59 Å². The zero-order chi connectivity index (χ0) is 15.9. The third-order valence-corrected chi connectivity index (χ3v) is 5.78. The lowest BCUT2D eigenvalue weighted by atomic mass is 9.98. The predicted molar refractivity (Wildman–Crippen MR) is 93.9 cm³/mol. The summed E-state index contributed by atoms with van der Waals surface area (Å²) < 4.78 is 1.08. The van der Waals surface area contributed by atoms with Gasteiger partial charge in [0.25, 0.3) is 0 Å². The molecular formula is C15H17NO2S3. The Kier molecular flexibility index (Phi) is 4.80. The molecule has 0 saturated heterocycles. The van der Waals surface area contributed by atoms with Gasteiger partial charge < -0.3 is 0 Å². The number of hydrogen-bond donors (Lipinski definition) is 2. The van der Waals surface area contributed by atoms with Gasteiger partial charge in [0.1, 0.15) is 5.01 Å². The number of aryl methyl sites for hydroxylation is 2. The first-order valence-electron chi connectivity index (χ1n) is 6.55. The fourth-order valence-electron chi connectivity index (χ4n) is 2.36. The monoisotopic (exact) mass is 339 g/mol. The van der Waals surface area contributed by atoms with Crippen LogP contribution in [0.1, 0.15) is 39.6 Å². The number of rotatable bonds is 4. The second kappa shape index (κ2) is 6.10. The van der Waals surface area contributed by atoms with Crippen molar-refractivity contribution in [3.05, 3.63) is 27.3 Å². The first-order valence-corrected chi connectivity index (χ1v) is 8.26. The highest BCUT2D eigenvalue weighted by atomic mass is 32.1. The van der Waals surface area contributed by atoms with Gasteiger partial charge in [0, 0.05) is 6.42 Å². The second-order valence-electron chi connectivity index (χ2n) is 5.22. The summed E-state index contributed by atoms with van der Waals surface area (Å²) >= 11 is 9.14. The summed E-state index contributed by atoms with van der Waals surface area (Å²) in [6, 6.07) is 0. The van der Waals surface area contributed by atoms with Gasteiger partial charge in [-0.25, -0.2) is 4.98 Å². The molecule has 0 spiro atoms. The highest BCUT2D eigenvalue weighted by molar-refractivity contribution is 7.97. The van der Waals surface area contributed by atoms with E-state index in [1.165, 1.54) is 28.0 Å². The minimum Gasteiger partial charge on any atom is -0.287 e. The third kappa shape index (κ3) is 3.03. The Morgan fingerprint density at radius 2 is 1.62 bits per heavy atom. The zero-order valence-electron chi connectivity index (χ0n) is 12.4. The van der Waals surface area contributed by atoms with Crippen molar-refractivity contribution in [1.29, 1.82) is 0 Å². The molecule has 1 atom stereocenters. The molecule has 2 rings (SSSR count). The molecule has 0 aliphatic rings. The van der Waals surface area contributed by atoms with Gasteiger partial charge in [-0.2, -0.15) is 0 Å². The van der Waals surface area contributed by atoms with Crippen LogP contribution in [0.3, 0.4) is 0 Å². The van der Waals surface area contributed by atoms with Gasteiger partial charge in [0.2, 0.25) is 0 Å². The molecule has 3 nitrogen and oxygen atoms in total. The van der Waals surface area contributed by atoms with E-state index in [1.807, 2.05) is 6.92 Å². The normalized spacial score (nSPS) is 12.7. The van der Waals surface area contributed by atoms with Crippen molar-refractivity contribution in [2.24, 2.45) is 0 Å². The molecule has 1 aromatic heterocycles. The van der Waals surface area contributed by atoms with E-state index in [-0.39, 0.29) is 16.7 Å². The number of hydrogen-bond acceptors (Lipinski definition) is 4. The van der Waals surface area contributed by atoms with Crippen LogP contribution < -0.4 is 0 Å². The quantitative estimate of drug-likeness (QED) is 0.830. The van der Waals surface area contributed by atoms with Gasteiger partial charge in [-0.1, -0.05) is 0 Å². The number of carbonyl (C=O) groups is 2. The van der Waals surface area contributed by atoms with Gasteiger partial charge in [-0.3, -0.25) is 9.59 Å². The summed E-state index contributed by atoms with van der Waals surface area (Å²) in [7, 11) is 0. The average molecular weight is 340 g/mol. The van der Waals surface area contributed by atoms with Crippen LogP contribution in [0.5, 0.6) is 0 Å². The number of thiol groups is 2. The first kappa shape index (κ1) is 16.5. The minimum absolute atomic E-state index is 0.0291. The smallest absolute Gasteiger partial charge is 0.196 e. The van der Waals surface area contributed by atoms with Crippen molar-refractivity contribution in [2.75, 3.05) is 0 Å². The Hall–Kier alpha value is -0.850. The topological polar surface area (TPSA) is 47.0 Å². The summed E-state index contributed by atoms with van der Waals surface area (Å²) in [5, 5.41) is -0.0359. The zero-order valence-corrected chi connectivity index (χ0v) is 15.0. The predicted octanol–water partition coefficient (Wildman–Crippen LogP) is 3.92. The fourth-order valence-corrected chi connectivity index (χ4v) is 4.12. The minimum atomic E-state index is -0.616. The molecule has 0 amide bonds. The van der Waals surface area contributed by atoms with E-state index in [0.717, 1.165) is 15.8 Å². The van der Waals surface area contributed by atoms with Crippen molar-refractivity contribution in [3.8, 4) is 0 Å². The lowest BCUT2D eigenvalue weighted by Crippen LogP contribution is -2.09. The van der Waals surface area contributed by atoms with Crippen molar-refractivity contribution in [3.63, 3.8) is 0 Å². The summed E-state index contributed by atoms with van der Waals surface area (Å²) in [5.74, 6) is -0.616. The van der Waals surface area contributed by atoms with Crippen molar-refractivity contribution in [1.82, 2.24) is 4.98 Å². The van der Waals surface area contributed by atoms with Crippen LogP contribution in [0.25, 0.3) is 10.2 Å². The highest BCUT2D eigenvalue weighted by Gasteiger charge is 2.25.